The van der Waals surface area contributed by atoms with E-state index in [0.717, 1.165) is 74.0 Å². The van der Waals surface area contributed by atoms with Gasteiger partial charge in [0.2, 0.25) is 0 Å². The van der Waals surface area contributed by atoms with Crippen LogP contribution in [0.1, 0.15) is 24.0 Å². The zero-order valence-corrected chi connectivity index (χ0v) is 22.6. The van der Waals surface area contributed by atoms with E-state index in [1.54, 1.807) is 30.5 Å². The molecule has 3 heterocycles. The first kappa shape index (κ1) is 25.2. The van der Waals surface area contributed by atoms with Crippen LogP contribution in [0.25, 0.3) is 21.8 Å². The van der Waals surface area contributed by atoms with Gasteiger partial charge in [0.15, 0.2) is 0 Å². The fraction of sp³-hybridized carbons (Fsp3) is 0.258. The number of rotatable bonds is 8. The number of aromatic nitrogens is 2. The van der Waals surface area contributed by atoms with Gasteiger partial charge in [-0.3, -0.25) is 4.90 Å². The zero-order valence-electron chi connectivity index (χ0n) is 21.8. The summed E-state index contributed by atoms with van der Waals surface area (Å²) in [6.07, 6.45) is 6.97. The fourth-order valence-electron chi connectivity index (χ4n) is 5.64. The van der Waals surface area contributed by atoms with E-state index in [-0.39, 0.29) is 4.90 Å². The zero-order chi connectivity index (χ0) is 26.8. The number of anilines is 1. The standard InChI is InChI=1S/C31H31N5O2S/c32-22-24-12-13-29-28(21-24)25(23-33-29)7-4-5-15-34-17-19-35(20-18-34)30-10-6-11-31-27(30)14-16-36(31)39(37,38)26-8-2-1-3-9-26/h1-3,6,8-14,16,21,23,33H,4-5,7,15,17-20H2. The maximum absolute atomic E-state index is 13.3. The van der Waals surface area contributed by atoms with Gasteiger partial charge in [-0.1, -0.05) is 24.3 Å². The second-order valence-electron chi connectivity index (χ2n) is 10.1. The van der Waals surface area contributed by atoms with Crippen LogP contribution in [-0.2, 0) is 16.4 Å². The minimum Gasteiger partial charge on any atom is -0.368 e. The average Bonchev–Trinajstić information content (AvgIpc) is 3.60. The molecule has 7 nitrogen and oxygen atoms in total. The molecule has 0 radical (unpaired) electrons. The third-order valence-electron chi connectivity index (χ3n) is 7.75. The smallest absolute Gasteiger partial charge is 0.268 e. The molecule has 0 bridgehead atoms. The molecule has 3 aromatic carbocycles. The first-order chi connectivity index (χ1) is 19.0. The van der Waals surface area contributed by atoms with Crippen molar-refractivity contribution in [1.82, 2.24) is 13.9 Å². The van der Waals surface area contributed by atoms with Crippen LogP contribution in [-0.4, -0.2) is 55.0 Å². The number of unbranched alkanes of at least 4 members (excludes halogenated alkanes) is 1. The molecule has 2 aromatic heterocycles. The van der Waals surface area contributed by atoms with Crippen molar-refractivity contribution in [1.29, 1.82) is 5.26 Å². The third kappa shape index (κ3) is 4.91. The number of nitriles is 1. The second-order valence-corrected chi connectivity index (χ2v) is 11.9. The Bertz CT molecular complexity index is 1760. The van der Waals surface area contributed by atoms with Gasteiger partial charge >= 0.3 is 0 Å². The molecule has 6 rings (SSSR count). The Kier molecular flexibility index (Phi) is 6.86. The summed E-state index contributed by atoms with van der Waals surface area (Å²) in [7, 11) is -3.65. The quantitative estimate of drug-likeness (QED) is 0.269. The minimum atomic E-state index is -3.65. The molecule has 0 unspecified atom stereocenters. The molecule has 0 amide bonds. The van der Waals surface area contributed by atoms with Crippen LogP contribution in [0.3, 0.4) is 0 Å². The first-order valence-corrected chi connectivity index (χ1v) is 14.9. The molecule has 39 heavy (non-hydrogen) atoms. The largest absolute Gasteiger partial charge is 0.368 e. The predicted molar refractivity (Wildman–Crippen MR) is 156 cm³/mol. The Morgan fingerprint density at radius 3 is 2.49 bits per heavy atom. The van der Waals surface area contributed by atoms with Gasteiger partial charge in [-0.25, -0.2) is 12.4 Å². The summed E-state index contributed by atoms with van der Waals surface area (Å²) in [6.45, 7) is 4.86. The molecule has 198 valence electrons. The van der Waals surface area contributed by atoms with Crippen LogP contribution in [0.2, 0.25) is 0 Å². The van der Waals surface area contributed by atoms with Gasteiger partial charge in [0, 0.05) is 60.5 Å². The molecule has 0 spiro atoms. The van der Waals surface area contributed by atoms with Crippen molar-refractivity contribution in [2.75, 3.05) is 37.6 Å². The van der Waals surface area contributed by atoms with Crippen molar-refractivity contribution < 1.29 is 8.42 Å². The van der Waals surface area contributed by atoms with Gasteiger partial charge in [0.1, 0.15) is 0 Å². The van der Waals surface area contributed by atoms with E-state index in [1.165, 1.54) is 9.54 Å². The van der Waals surface area contributed by atoms with Crippen molar-refractivity contribution in [2.24, 2.45) is 0 Å². The molecular formula is C31H31N5O2S. The summed E-state index contributed by atoms with van der Waals surface area (Å²) in [6, 6.07) is 24.5. The Morgan fingerprint density at radius 2 is 1.69 bits per heavy atom. The van der Waals surface area contributed by atoms with E-state index in [1.807, 2.05) is 42.5 Å². The number of nitrogens with zero attached hydrogens (tertiary/aromatic N) is 4. The number of piperazine rings is 1. The summed E-state index contributed by atoms with van der Waals surface area (Å²) in [4.78, 5) is 8.50. The number of H-pyrrole nitrogens is 1. The van der Waals surface area contributed by atoms with Crippen LogP contribution in [0.5, 0.6) is 0 Å². The van der Waals surface area contributed by atoms with Crippen LogP contribution in [0.15, 0.2) is 90.1 Å². The number of nitrogens with one attached hydrogen (secondary N) is 1. The van der Waals surface area contributed by atoms with Crippen molar-refractivity contribution in [3.8, 4) is 6.07 Å². The normalized spacial score (nSPS) is 14.7. The second kappa shape index (κ2) is 10.6. The summed E-state index contributed by atoms with van der Waals surface area (Å²) in [5.74, 6) is 0. The highest BCUT2D eigenvalue weighted by Gasteiger charge is 2.22. The Morgan fingerprint density at radius 1 is 0.872 bits per heavy atom. The topological polar surface area (TPSA) is 85.1 Å². The molecule has 1 aliphatic heterocycles. The van der Waals surface area contributed by atoms with Crippen LogP contribution in [0, 0.1) is 11.3 Å². The summed E-state index contributed by atoms with van der Waals surface area (Å²) < 4.78 is 27.9. The maximum atomic E-state index is 13.3. The molecule has 0 saturated carbocycles. The molecule has 1 saturated heterocycles. The van der Waals surface area contributed by atoms with E-state index in [4.69, 9.17) is 0 Å². The monoisotopic (exact) mass is 537 g/mol. The summed E-state index contributed by atoms with van der Waals surface area (Å²) >= 11 is 0. The number of hydrogen-bond donors (Lipinski definition) is 1. The van der Waals surface area contributed by atoms with Crippen molar-refractivity contribution in [2.45, 2.75) is 24.2 Å². The summed E-state index contributed by atoms with van der Waals surface area (Å²) in [5, 5.41) is 11.3. The first-order valence-electron chi connectivity index (χ1n) is 13.4. The number of aryl methyl sites for hydroxylation is 1. The third-order valence-corrected chi connectivity index (χ3v) is 9.46. The van der Waals surface area contributed by atoms with E-state index >= 15 is 0 Å². The van der Waals surface area contributed by atoms with Gasteiger partial charge in [-0.05, 0) is 79.9 Å². The van der Waals surface area contributed by atoms with Crippen molar-refractivity contribution >= 4 is 37.5 Å². The van der Waals surface area contributed by atoms with E-state index in [2.05, 4.69) is 33.1 Å². The Labute approximate surface area is 228 Å². The van der Waals surface area contributed by atoms with Gasteiger partial charge in [0.25, 0.3) is 10.0 Å². The highest BCUT2D eigenvalue weighted by Crippen LogP contribution is 2.31. The number of benzene rings is 3. The van der Waals surface area contributed by atoms with Crippen LogP contribution < -0.4 is 4.90 Å². The SMILES string of the molecule is N#Cc1ccc2[nH]cc(CCCCN3CCN(c4cccc5c4ccn5S(=O)(=O)c4ccccc4)CC3)c2c1. The van der Waals surface area contributed by atoms with E-state index < -0.39 is 10.0 Å². The van der Waals surface area contributed by atoms with Gasteiger partial charge in [-0.15, -0.1) is 0 Å². The minimum absolute atomic E-state index is 0.290. The maximum Gasteiger partial charge on any atom is 0.268 e. The summed E-state index contributed by atoms with van der Waals surface area (Å²) in [5.41, 5.74) is 4.86. The molecule has 0 atom stereocenters. The van der Waals surface area contributed by atoms with Crippen molar-refractivity contribution in [3.05, 3.63) is 96.3 Å². The molecule has 1 fully saturated rings. The van der Waals surface area contributed by atoms with Crippen molar-refractivity contribution in [3.63, 3.8) is 0 Å². The number of fused-ring (bicyclic) bond motifs is 2. The highest BCUT2D eigenvalue weighted by molar-refractivity contribution is 7.90. The number of aromatic amines is 1. The van der Waals surface area contributed by atoms with Gasteiger partial charge in [0.05, 0.1) is 22.0 Å². The molecule has 1 aliphatic rings. The molecule has 5 aromatic rings. The fourth-order valence-corrected chi connectivity index (χ4v) is 7.00. The average molecular weight is 538 g/mol. The molecular weight excluding hydrogens is 506 g/mol. The lowest BCUT2D eigenvalue weighted by molar-refractivity contribution is 0.253. The van der Waals surface area contributed by atoms with Gasteiger partial charge in [-0.2, -0.15) is 5.26 Å². The van der Waals surface area contributed by atoms with E-state index in [9.17, 15) is 13.7 Å². The lowest BCUT2D eigenvalue weighted by atomic mass is 10.0. The lowest BCUT2D eigenvalue weighted by Gasteiger charge is -2.36. The van der Waals surface area contributed by atoms with Crippen LogP contribution >= 0.6 is 0 Å². The highest BCUT2D eigenvalue weighted by atomic mass is 32.2. The Balaban J connectivity index is 1.06. The van der Waals surface area contributed by atoms with E-state index in [0.29, 0.717) is 11.1 Å². The molecule has 1 N–H and O–H groups in total. The molecule has 0 aliphatic carbocycles. The number of hydrogen-bond acceptors (Lipinski definition) is 5. The molecule has 8 heteroatoms. The van der Waals surface area contributed by atoms with Gasteiger partial charge < -0.3 is 9.88 Å². The Hall–Kier alpha value is -4.06. The lowest BCUT2D eigenvalue weighted by Crippen LogP contribution is -2.46. The van der Waals surface area contributed by atoms with Crippen LogP contribution in [0.4, 0.5) is 5.69 Å². The predicted octanol–water partition coefficient (Wildman–Crippen LogP) is 5.38.